The van der Waals surface area contributed by atoms with Crippen molar-refractivity contribution in [3.8, 4) is 0 Å². The smallest absolute Gasteiger partial charge is 0.422 e. The molecule has 1 atom stereocenters. The summed E-state index contributed by atoms with van der Waals surface area (Å²) in [6, 6.07) is -3.40. The van der Waals surface area contributed by atoms with E-state index >= 15 is 0 Å². The van der Waals surface area contributed by atoms with Crippen LogP contribution in [-0.2, 0) is 9.47 Å². The van der Waals surface area contributed by atoms with Crippen molar-refractivity contribution in [2.24, 2.45) is 0 Å². The lowest BCUT2D eigenvalue weighted by Gasteiger charge is -2.26. The van der Waals surface area contributed by atoms with Gasteiger partial charge in [0.15, 0.2) is 5.83 Å². The normalized spacial score (nSPS) is 27.8. The average molecular weight is 211 g/mol. The molecule has 1 unspecified atom stereocenters. The molecule has 1 radical (unpaired) electrons. The van der Waals surface area contributed by atoms with Crippen LogP contribution in [0.2, 0.25) is 0 Å². The second kappa shape index (κ2) is 3.61. The van der Waals surface area contributed by atoms with Crippen LogP contribution in [0.5, 0.6) is 0 Å². The average Bonchev–Trinajstić information content (AvgIpc) is 2.08. The number of hydrogen-bond acceptors (Lipinski definition) is 2. The van der Waals surface area contributed by atoms with E-state index in [2.05, 4.69) is 9.47 Å². The predicted octanol–water partition coefficient (Wildman–Crippen LogP) is 3.19. The van der Waals surface area contributed by atoms with Crippen LogP contribution in [0.15, 0.2) is 23.7 Å². The zero-order valence-corrected chi connectivity index (χ0v) is 7.41. The SMILES string of the molecule is C[C](C)OC1(F)OC=C(F)C(F)=C1F. The molecule has 0 aliphatic carbocycles. The van der Waals surface area contributed by atoms with Crippen molar-refractivity contribution in [3.63, 3.8) is 0 Å². The fourth-order valence-electron chi connectivity index (χ4n) is 0.798. The molecule has 0 spiro atoms. The summed E-state index contributed by atoms with van der Waals surface area (Å²) in [5.74, 6) is -5.65. The summed E-state index contributed by atoms with van der Waals surface area (Å²) >= 11 is 0. The van der Waals surface area contributed by atoms with E-state index in [0.717, 1.165) is 0 Å². The maximum atomic E-state index is 13.3. The van der Waals surface area contributed by atoms with Gasteiger partial charge in [0.2, 0.25) is 11.7 Å². The first-order valence-electron chi connectivity index (χ1n) is 3.64. The fourth-order valence-corrected chi connectivity index (χ4v) is 0.798. The van der Waals surface area contributed by atoms with E-state index in [-0.39, 0.29) is 12.4 Å². The van der Waals surface area contributed by atoms with E-state index in [9.17, 15) is 17.6 Å². The first-order valence-corrected chi connectivity index (χ1v) is 3.64. The molecule has 0 amide bonds. The molecule has 0 aromatic rings. The molecule has 0 fully saturated rings. The van der Waals surface area contributed by atoms with Crippen molar-refractivity contribution in [2.75, 3.05) is 0 Å². The Hall–Kier alpha value is -1.04. The highest BCUT2D eigenvalue weighted by Crippen LogP contribution is 2.38. The number of hydrogen-bond donors (Lipinski definition) is 0. The molecule has 0 aromatic carbocycles. The molecule has 0 saturated heterocycles. The quantitative estimate of drug-likeness (QED) is 0.653. The summed E-state index contributed by atoms with van der Waals surface area (Å²) in [5, 5.41) is 0. The molecular formula is C8H7F4O2. The van der Waals surface area contributed by atoms with Crippen LogP contribution in [0.25, 0.3) is 0 Å². The van der Waals surface area contributed by atoms with Crippen LogP contribution in [0.1, 0.15) is 13.8 Å². The Bertz CT molecular complexity index is 298. The highest BCUT2D eigenvalue weighted by molar-refractivity contribution is 5.26. The van der Waals surface area contributed by atoms with E-state index < -0.39 is 23.5 Å². The molecule has 14 heavy (non-hydrogen) atoms. The summed E-state index contributed by atoms with van der Waals surface area (Å²) in [4.78, 5) is 0. The molecule has 1 heterocycles. The standard InChI is InChI=1S/C8H7F4O2/c1-4(2)14-8(12)7(11)6(10)5(9)3-13-8/h3H,1-2H3. The summed E-state index contributed by atoms with van der Waals surface area (Å²) in [6.45, 7) is 2.62. The third-order valence-corrected chi connectivity index (χ3v) is 1.31. The van der Waals surface area contributed by atoms with Gasteiger partial charge in [0.05, 0.1) is 6.10 Å². The molecule has 1 aliphatic heterocycles. The van der Waals surface area contributed by atoms with E-state index in [1.165, 1.54) is 13.8 Å². The lowest BCUT2D eigenvalue weighted by Crippen LogP contribution is -2.33. The van der Waals surface area contributed by atoms with Crippen molar-refractivity contribution < 1.29 is 27.0 Å². The van der Waals surface area contributed by atoms with Gasteiger partial charge in [0.1, 0.15) is 6.26 Å². The summed E-state index contributed by atoms with van der Waals surface area (Å²) in [5.41, 5.74) is 0. The predicted molar refractivity (Wildman–Crippen MR) is 39.0 cm³/mol. The van der Waals surface area contributed by atoms with Crippen molar-refractivity contribution >= 4 is 0 Å². The molecule has 0 saturated carbocycles. The van der Waals surface area contributed by atoms with Crippen LogP contribution in [0.3, 0.4) is 0 Å². The molecule has 6 heteroatoms. The first kappa shape index (κ1) is 11.0. The second-order valence-electron chi connectivity index (χ2n) is 2.76. The Labute approximate surface area is 77.8 Å². The van der Waals surface area contributed by atoms with Crippen molar-refractivity contribution in [2.45, 2.75) is 19.9 Å². The van der Waals surface area contributed by atoms with E-state index in [1.54, 1.807) is 0 Å². The second-order valence-corrected chi connectivity index (χ2v) is 2.76. The number of halogens is 4. The Kier molecular flexibility index (Phi) is 2.84. The van der Waals surface area contributed by atoms with E-state index in [0.29, 0.717) is 0 Å². The molecular weight excluding hydrogens is 204 g/mol. The minimum atomic E-state index is -3.40. The van der Waals surface area contributed by atoms with Gasteiger partial charge in [-0.15, -0.1) is 0 Å². The Morgan fingerprint density at radius 3 is 2.43 bits per heavy atom. The maximum Gasteiger partial charge on any atom is 0.422 e. The summed E-state index contributed by atoms with van der Waals surface area (Å²) < 4.78 is 59.2. The number of alkyl halides is 1. The van der Waals surface area contributed by atoms with E-state index in [4.69, 9.17) is 0 Å². The molecule has 1 aliphatic rings. The maximum absolute atomic E-state index is 13.3. The van der Waals surface area contributed by atoms with Crippen LogP contribution in [0.4, 0.5) is 17.6 Å². The molecule has 79 valence electrons. The zero-order chi connectivity index (χ0) is 10.9. The molecule has 2 nitrogen and oxygen atoms in total. The monoisotopic (exact) mass is 211 g/mol. The fraction of sp³-hybridized carbons (Fsp3) is 0.375. The van der Waals surface area contributed by atoms with Gasteiger partial charge in [0.25, 0.3) is 0 Å². The van der Waals surface area contributed by atoms with Crippen LogP contribution >= 0.6 is 0 Å². The molecule has 0 bridgehead atoms. The summed E-state index contributed by atoms with van der Waals surface area (Å²) in [7, 11) is 0. The van der Waals surface area contributed by atoms with Gasteiger partial charge in [0, 0.05) is 0 Å². The van der Waals surface area contributed by atoms with Crippen LogP contribution < -0.4 is 0 Å². The Morgan fingerprint density at radius 1 is 1.36 bits per heavy atom. The first-order chi connectivity index (χ1) is 6.37. The summed E-state index contributed by atoms with van der Waals surface area (Å²) in [6.07, 6.45) is 0.118. The van der Waals surface area contributed by atoms with Gasteiger partial charge in [-0.25, -0.2) is 8.78 Å². The van der Waals surface area contributed by atoms with Gasteiger partial charge >= 0.3 is 6.04 Å². The zero-order valence-electron chi connectivity index (χ0n) is 7.41. The van der Waals surface area contributed by atoms with Gasteiger partial charge in [-0.05, 0) is 13.8 Å². The third-order valence-electron chi connectivity index (χ3n) is 1.31. The van der Waals surface area contributed by atoms with E-state index in [1.807, 2.05) is 0 Å². The van der Waals surface area contributed by atoms with Gasteiger partial charge < -0.3 is 4.74 Å². The highest BCUT2D eigenvalue weighted by Gasteiger charge is 2.46. The third kappa shape index (κ3) is 1.89. The molecule has 1 rings (SSSR count). The van der Waals surface area contributed by atoms with Crippen molar-refractivity contribution in [1.82, 2.24) is 0 Å². The lowest BCUT2D eigenvalue weighted by molar-refractivity contribution is -0.272. The number of ether oxygens (including phenoxy) is 2. The Balaban J connectivity index is 2.95. The minimum Gasteiger partial charge on any atom is -0.435 e. The number of allylic oxidation sites excluding steroid dienone is 2. The van der Waals surface area contributed by atoms with Crippen molar-refractivity contribution in [3.05, 3.63) is 29.8 Å². The van der Waals surface area contributed by atoms with Crippen LogP contribution in [0, 0.1) is 6.10 Å². The van der Waals surface area contributed by atoms with Crippen LogP contribution in [-0.4, -0.2) is 6.04 Å². The lowest BCUT2D eigenvalue weighted by atomic mass is 10.3. The van der Waals surface area contributed by atoms with Gasteiger partial charge in [-0.2, -0.15) is 8.78 Å². The van der Waals surface area contributed by atoms with Gasteiger partial charge in [-0.1, -0.05) is 0 Å². The van der Waals surface area contributed by atoms with Gasteiger partial charge in [-0.3, -0.25) is 4.74 Å². The minimum absolute atomic E-state index is 0.00570. The molecule has 0 N–H and O–H groups in total. The molecule has 0 aromatic heterocycles. The highest BCUT2D eigenvalue weighted by atomic mass is 19.2. The topological polar surface area (TPSA) is 18.5 Å². The largest absolute Gasteiger partial charge is 0.435 e. The van der Waals surface area contributed by atoms with Crippen molar-refractivity contribution in [1.29, 1.82) is 0 Å². The Morgan fingerprint density at radius 2 is 1.93 bits per heavy atom. The number of rotatable bonds is 2.